The van der Waals surface area contributed by atoms with Gasteiger partial charge in [0.25, 0.3) is 0 Å². The minimum atomic E-state index is 0.670. The summed E-state index contributed by atoms with van der Waals surface area (Å²) in [6.07, 6.45) is 0. The summed E-state index contributed by atoms with van der Waals surface area (Å²) in [5.74, 6) is 2.89. The Morgan fingerprint density at radius 3 is 2.90 bits per heavy atom. The maximum absolute atomic E-state index is 5.24. The Labute approximate surface area is 62.4 Å². The van der Waals surface area contributed by atoms with E-state index >= 15 is 0 Å². The first-order chi connectivity index (χ1) is 4.91. The summed E-state index contributed by atoms with van der Waals surface area (Å²) in [4.78, 5) is 0. The highest BCUT2D eigenvalue weighted by Crippen LogP contribution is 1.54. The Morgan fingerprint density at radius 1 is 1.50 bits per heavy atom. The van der Waals surface area contributed by atoms with Crippen molar-refractivity contribution >= 4 is 0 Å². The zero-order valence-corrected chi connectivity index (χ0v) is 6.41. The van der Waals surface area contributed by atoms with Crippen LogP contribution < -0.4 is 16.4 Å². The molecule has 0 radical (unpaired) electrons. The number of nitrogens with one attached hydrogen (secondary N) is 2. The van der Waals surface area contributed by atoms with Crippen LogP contribution in [0, 0.1) is 12.0 Å². The number of hydrogen-bond donors (Lipinski definition) is 3. The fourth-order valence-electron chi connectivity index (χ4n) is 0.448. The molecule has 0 rings (SSSR count). The largest absolute Gasteiger partial charge is 0.346 e. The van der Waals surface area contributed by atoms with Gasteiger partial charge in [-0.1, -0.05) is 5.92 Å². The van der Waals surface area contributed by atoms with Gasteiger partial charge < -0.3 is 16.4 Å². The highest BCUT2D eigenvalue weighted by atomic mass is 14.9. The van der Waals surface area contributed by atoms with Gasteiger partial charge in [0.1, 0.15) is 0 Å². The summed E-state index contributed by atoms with van der Waals surface area (Å²) in [6, 6.07) is 2.79. The highest BCUT2D eigenvalue weighted by molar-refractivity contribution is 4.98. The first kappa shape index (κ1) is 9.28. The molecule has 0 amide bonds. The summed E-state index contributed by atoms with van der Waals surface area (Å²) in [6.45, 7) is 5.12. The van der Waals surface area contributed by atoms with Crippen LogP contribution in [-0.4, -0.2) is 26.2 Å². The van der Waals surface area contributed by atoms with Gasteiger partial charge in [-0.25, -0.2) is 0 Å². The van der Waals surface area contributed by atoms with E-state index in [-0.39, 0.29) is 0 Å². The van der Waals surface area contributed by atoms with Gasteiger partial charge in [0.2, 0.25) is 0 Å². The molecule has 0 aromatic heterocycles. The molecule has 0 bridgehead atoms. The average molecular weight is 141 g/mol. The summed E-state index contributed by atoms with van der Waals surface area (Å²) in [5, 5.41) is 5.95. The molecule has 58 valence electrons. The highest BCUT2D eigenvalue weighted by Gasteiger charge is 1.75. The van der Waals surface area contributed by atoms with Gasteiger partial charge in [-0.3, -0.25) is 0 Å². The third-order valence-corrected chi connectivity index (χ3v) is 0.888. The van der Waals surface area contributed by atoms with E-state index in [0.29, 0.717) is 13.1 Å². The van der Waals surface area contributed by atoms with E-state index in [4.69, 9.17) is 5.73 Å². The van der Waals surface area contributed by atoms with Crippen LogP contribution in [0.5, 0.6) is 0 Å². The van der Waals surface area contributed by atoms with E-state index in [1.807, 2.05) is 6.92 Å². The van der Waals surface area contributed by atoms with Crippen LogP contribution in [0.1, 0.15) is 6.92 Å². The maximum Gasteiger partial charge on any atom is 0.0595 e. The molecule has 0 atom stereocenters. The van der Waals surface area contributed by atoms with Crippen LogP contribution in [0.4, 0.5) is 0 Å². The molecule has 0 heterocycles. The lowest BCUT2D eigenvalue weighted by Crippen LogP contribution is -2.22. The lowest BCUT2D eigenvalue weighted by atomic mass is 10.6. The van der Waals surface area contributed by atoms with Gasteiger partial charge in [-0.15, -0.1) is 0 Å². The number of rotatable bonds is 4. The van der Waals surface area contributed by atoms with Crippen molar-refractivity contribution in [3.63, 3.8) is 0 Å². The van der Waals surface area contributed by atoms with E-state index in [1.165, 1.54) is 0 Å². The minimum absolute atomic E-state index is 0.670. The Kier molecular flexibility index (Phi) is 7.68. The molecule has 3 heteroatoms. The minimum Gasteiger partial charge on any atom is -0.346 e. The Balaban J connectivity index is 2.96. The first-order valence-electron chi connectivity index (χ1n) is 3.53. The molecule has 0 aromatic carbocycles. The van der Waals surface area contributed by atoms with Crippen molar-refractivity contribution in [2.24, 2.45) is 5.73 Å². The van der Waals surface area contributed by atoms with Crippen molar-refractivity contribution in [3.05, 3.63) is 0 Å². The van der Waals surface area contributed by atoms with Crippen LogP contribution in [0.3, 0.4) is 0 Å². The quantitative estimate of drug-likeness (QED) is 0.270. The van der Waals surface area contributed by atoms with Crippen LogP contribution in [0.25, 0.3) is 0 Å². The van der Waals surface area contributed by atoms with Crippen molar-refractivity contribution in [2.75, 3.05) is 26.2 Å². The molecule has 10 heavy (non-hydrogen) atoms. The molecule has 0 saturated heterocycles. The van der Waals surface area contributed by atoms with Crippen molar-refractivity contribution in [3.8, 4) is 12.0 Å². The third kappa shape index (κ3) is 7.28. The molecular formula is C7H15N3. The summed E-state index contributed by atoms with van der Waals surface area (Å²) in [5.41, 5.74) is 5.24. The molecule has 0 aliphatic rings. The Bertz CT molecular complexity index is 112. The second kappa shape index (κ2) is 8.28. The van der Waals surface area contributed by atoms with E-state index in [2.05, 4.69) is 22.6 Å². The SMILES string of the molecule is CCNC#CCNCCN. The zero-order chi connectivity index (χ0) is 7.66. The monoisotopic (exact) mass is 141 g/mol. The topological polar surface area (TPSA) is 50.1 Å². The molecule has 0 aromatic rings. The molecule has 0 saturated carbocycles. The Hall–Kier alpha value is -0.720. The normalized spacial score (nSPS) is 8.20. The number of nitrogens with two attached hydrogens (primary N) is 1. The van der Waals surface area contributed by atoms with E-state index in [1.54, 1.807) is 0 Å². The molecule has 0 unspecified atom stereocenters. The number of hydrogen-bond acceptors (Lipinski definition) is 3. The van der Waals surface area contributed by atoms with E-state index < -0.39 is 0 Å². The van der Waals surface area contributed by atoms with Crippen molar-refractivity contribution in [1.82, 2.24) is 10.6 Å². The third-order valence-electron chi connectivity index (χ3n) is 0.888. The van der Waals surface area contributed by atoms with Gasteiger partial charge in [0.05, 0.1) is 6.54 Å². The fraction of sp³-hybridized carbons (Fsp3) is 0.714. The maximum atomic E-state index is 5.24. The second-order valence-electron chi connectivity index (χ2n) is 1.80. The van der Waals surface area contributed by atoms with E-state index in [9.17, 15) is 0 Å². The molecule has 0 aliphatic heterocycles. The lowest BCUT2D eigenvalue weighted by molar-refractivity contribution is 0.761. The van der Waals surface area contributed by atoms with Crippen LogP contribution in [-0.2, 0) is 0 Å². The van der Waals surface area contributed by atoms with Gasteiger partial charge in [-0.2, -0.15) is 0 Å². The predicted molar refractivity (Wildman–Crippen MR) is 43.4 cm³/mol. The lowest BCUT2D eigenvalue weighted by Gasteiger charge is -1.93. The Morgan fingerprint density at radius 2 is 2.30 bits per heavy atom. The van der Waals surface area contributed by atoms with E-state index in [0.717, 1.165) is 13.1 Å². The van der Waals surface area contributed by atoms with Gasteiger partial charge in [-0.05, 0) is 6.92 Å². The predicted octanol–water partition coefficient (Wildman–Crippen LogP) is -0.895. The summed E-state index contributed by atoms with van der Waals surface area (Å²) >= 11 is 0. The zero-order valence-electron chi connectivity index (χ0n) is 6.41. The molecule has 3 nitrogen and oxygen atoms in total. The van der Waals surface area contributed by atoms with Gasteiger partial charge >= 0.3 is 0 Å². The van der Waals surface area contributed by atoms with Crippen LogP contribution in [0.2, 0.25) is 0 Å². The smallest absolute Gasteiger partial charge is 0.0595 e. The van der Waals surface area contributed by atoms with Crippen LogP contribution in [0.15, 0.2) is 0 Å². The second-order valence-corrected chi connectivity index (χ2v) is 1.80. The average Bonchev–Trinajstić information content (AvgIpc) is 1.97. The molecule has 0 fully saturated rings. The van der Waals surface area contributed by atoms with Crippen molar-refractivity contribution < 1.29 is 0 Å². The summed E-state index contributed by atoms with van der Waals surface area (Å²) in [7, 11) is 0. The van der Waals surface area contributed by atoms with Crippen LogP contribution >= 0.6 is 0 Å². The van der Waals surface area contributed by atoms with Gasteiger partial charge in [0.15, 0.2) is 0 Å². The molecular weight excluding hydrogens is 126 g/mol. The fourth-order valence-corrected chi connectivity index (χ4v) is 0.448. The molecule has 0 aliphatic carbocycles. The molecule has 4 N–H and O–H groups in total. The molecule has 0 spiro atoms. The van der Waals surface area contributed by atoms with Crippen molar-refractivity contribution in [2.45, 2.75) is 6.92 Å². The van der Waals surface area contributed by atoms with Crippen molar-refractivity contribution in [1.29, 1.82) is 0 Å². The van der Waals surface area contributed by atoms with Gasteiger partial charge in [0, 0.05) is 25.7 Å². The first-order valence-corrected chi connectivity index (χ1v) is 3.53. The summed E-state index contributed by atoms with van der Waals surface area (Å²) < 4.78 is 0. The standard InChI is InChI=1S/C7H15N3/c1-2-9-5-3-6-10-7-4-8/h9-10H,2,4,6-8H2,1H3.